The Hall–Kier alpha value is -1.03. The molecule has 1 amide bonds. The van der Waals surface area contributed by atoms with Crippen LogP contribution < -0.4 is 0 Å². The van der Waals surface area contributed by atoms with Gasteiger partial charge in [0.15, 0.2) is 0 Å². The number of carbonyl (C=O) groups is 1. The van der Waals surface area contributed by atoms with Crippen LogP contribution in [0.1, 0.15) is 45.2 Å². The summed E-state index contributed by atoms with van der Waals surface area (Å²) in [5.74, 6) is 0. The van der Waals surface area contributed by atoms with Gasteiger partial charge < -0.3 is 4.90 Å². The predicted octanol–water partition coefficient (Wildman–Crippen LogP) is 3.27. The van der Waals surface area contributed by atoms with Crippen LogP contribution in [-0.4, -0.2) is 27.6 Å². The number of thioether (sulfide) groups is 1. The van der Waals surface area contributed by atoms with Gasteiger partial charge in [0, 0.05) is 17.5 Å². The van der Waals surface area contributed by atoms with Crippen LogP contribution in [-0.2, 0) is 4.79 Å². The molecule has 1 aromatic rings. The molecular formula is C14H20N2OS. The van der Waals surface area contributed by atoms with Crippen LogP contribution in [0.25, 0.3) is 0 Å². The van der Waals surface area contributed by atoms with Crippen LogP contribution in [0.4, 0.5) is 0 Å². The van der Waals surface area contributed by atoms with Crippen LogP contribution in [0, 0.1) is 0 Å². The number of amides is 1. The second-order valence-corrected chi connectivity index (χ2v) is 7.49. The average Bonchev–Trinajstić information content (AvgIpc) is 2.76. The van der Waals surface area contributed by atoms with Gasteiger partial charge in [0.25, 0.3) is 0 Å². The minimum atomic E-state index is 0.177. The lowest BCUT2D eigenvalue weighted by Gasteiger charge is -2.21. The predicted molar refractivity (Wildman–Crippen MR) is 74.6 cm³/mol. The van der Waals surface area contributed by atoms with E-state index in [1.807, 2.05) is 11.1 Å². The summed E-state index contributed by atoms with van der Waals surface area (Å²) in [4.78, 5) is 17.3. The van der Waals surface area contributed by atoms with Crippen molar-refractivity contribution in [1.82, 2.24) is 9.88 Å². The molecule has 1 aromatic heterocycles. The number of hydrogen-bond donors (Lipinski definition) is 0. The highest BCUT2D eigenvalue weighted by atomic mass is 32.2. The van der Waals surface area contributed by atoms with Crippen LogP contribution in [0.15, 0.2) is 23.4 Å². The fourth-order valence-corrected chi connectivity index (χ4v) is 3.11. The first kappa shape index (κ1) is 13.4. The van der Waals surface area contributed by atoms with Crippen molar-refractivity contribution in [3.63, 3.8) is 0 Å². The van der Waals surface area contributed by atoms with Gasteiger partial charge in [0.2, 0.25) is 6.41 Å². The van der Waals surface area contributed by atoms with E-state index in [-0.39, 0.29) is 10.8 Å². The summed E-state index contributed by atoms with van der Waals surface area (Å²) >= 11 is 1.76. The molecule has 0 saturated carbocycles. The topological polar surface area (TPSA) is 33.2 Å². The van der Waals surface area contributed by atoms with Crippen LogP contribution in [0.2, 0.25) is 0 Å². The number of rotatable bonds is 3. The molecule has 0 bridgehead atoms. The number of hydrogen-bond acceptors (Lipinski definition) is 3. The summed E-state index contributed by atoms with van der Waals surface area (Å²) in [5.41, 5.74) is 1.15. The van der Waals surface area contributed by atoms with Crippen molar-refractivity contribution >= 4 is 18.2 Å². The molecular weight excluding hydrogens is 244 g/mol. The minimum Gasteiger partial charge on any atom is -0.338 e. The van der Waals surface area contributed by atoms with Crippen molar-refractivity contribution in [2.75, 3.05) is 6.54 Å². The molecule has 2 heterocycles. The molecule has 0 radical (unpaired) electrons. The van der Waals surface area contributed by atoms with Crippen molar-refractivity contribution in [1.29, 1.82) is 0 Å². The Bertz CT molecular complexity index is 411. The molecule has 0 N–H and O–H groups in total. The van der Waals surface area contributed by atoms with Gasteiger partial charge in [-0.2, -0.15) is 0 Å². The van der Waals surface area contributed by atoms with Crippen molar-refractivity contribution in [3.8, 4) is 0 Å². The van der Waals surface area contributed by atoms with E-state index in [9.17, 15) is 4.79 Å². The van der Waals surface area contributed by atoms with Crippen LogP contribution >= 0.6 is 11.8 Å². The molecule has 1 atom stereocenters. The van der Waals surface area contributed by atoms with Gasteiger partial charge in [0.05, 0.1) is 11.1 Å². The second-order valence-electron chi connectivity index (χ2n) is 5.65. The fraction of sp³-hybridized carbons (Fsp3) is 0.571. The lowest BCUT2D eigenvalue weighted by molar-refractivity contribution is -0.118. The normalized spacial score (nSPS) is 20.2. The maximum Gasteiger partial charge on any atom is 0.210 e. The summed E-state index contributed by atoms with van der Waals surface area (Å²) in [5, 5.41) is 1.04. The molecule has 4 heteroatoms. The largest absolute Gasteiger partial charge is 0.338 e. The summed E-state index contributed by atoms with van der Waals surface area (Å²) in [6, 6.07) is 4.39. The van der Waals surface area contributed by atoms with E-state index in [0.29, 0.717) is 0 Å². The third-order valence-electron chi connectivity index (χ3n) is 2.98. The van der Waals surface area contributed by atoms with E-state index in [4.69, 9.17) is 0 Å². The van der Waals surface area contributed by atoms with E-state index in [0.717, 1.165) is 36.4 Å². The fourth-order valence-electron chi connectivity index (χ4n) is 2.24. The van der Waals surface area contributed by atoms with Gasteiger partial charge in [-0.3, -0.25) is 4.79 Å². The first-order valence-electron chi connectivity index (χ1n) is 6.35. The third kappa shape index (κ3) is 3.25. The Kier molecular flexibility index (Phi) is 3.95. The molecule has 1 aliphatic rings. The summed E-state index contributed by atoms with van der Waals surface area (Å²) in [7, 11) is 0. The Morgan fingerprint density at radius 3 is 2.78 bits per heavy atom. The lowest BCUT2D eigenvalue weighted by atomic mass is 10.1. The lowest BCUT2D eigenvalue weighted by Crippen LogP contribution is -2.21. The molecule has 1 fully saturated rings. The molecule has 2 rings (SSSR count). The zero-order chi connectivity index (χ0) is 13.2. The van der Waals surface area contributed by atoms with Crippen molar-refractivity contribution in [3.05, 3.63) is 23.9 Å². The number of nitrogens with zero attached hydrogens (tertiary/aromatic N) is 2. The monoisotopic (exact) mass is 264 g/mol. The van der Waals surface area contributed by atoms with Gasteiger partial charge in [-0.1, -0.05) is 26.8 Å². The van der Waals surface area contributed by atoms with Gasteiger partial charge in [-0.25, -0.2) is 4.98 Å². The van der Waals surface area contributed by atoms with Gasteiger partial charge in [-0.05, 0) is 24.5 Å². The SMILES string of the molecule is CC(C)(C)Sc1ccc([C@@H]2CCCN2C=O)cn1. The highest BCUT2D eigenvalue weighted by molar-refractivity contribution is 8.00. The highest BCUT2D eigenvalue weighted by Gasteiger charge is 2.24. The molecule has 1 saturated heterocycles. The van der Waals surface area contributed by atoms with Crippen LogP contribution in [0.3, 0.4) is 0 Å². The maximum absolute atomic E-state index is 10.9. The quantitative estimate of drug-likeness (QED) is 0.620. The highest BCUT2D eigenvalue weighted by Crippen LogP contribution is 2.33. The van der Waals surface area contributed by atoms with E-state index in [2.05, 4.69) is 37.9 Å². The summed E-state index contributed by atoms with van der Waals surface area (Å²) < 4.78 is 0.177. The molecule has 18 heavy (non-hydrogen) atoms. The zero-order valence-corrected chi connectivity index (χ0v) is 12.0. The Morgan fingerprint density at radius 2 is 2.22 bits per heavy atom. The number of carbonyl (C=O) groups excluding carboxylic acids is 1. The van der Waals surface area contributed by atoms with Crippen molar-refractivity contribution < 1.29 is 4.79 Å². The number of aromatic nitrogens is 1. The standard InChI is InChI=1S/C14H20N2OS/c1-14(2,3)18-13-7-6-11(9-15-13)12-5-4-8-16(12)10-17/h6-7,9-10,12H,4-5,8H2,1-3H3/t12-/m0/s1. The molecule has 0 aliphatic carbocycles. The Labute approximate surface area is 113 Å². The number of pyridine rings is 1. The van der Waals surface area contributed by atoms with Crippen molar-refractivity contribution in [2.45, 2.75) is 49.4 Å². The smallest absolute Gasteiger partial charge is 0.210 e. The van der Waals surface area contributed by atoms with E-state index < -0.39 is 0 Å². The van der Waals surface area contributed by atoms with Crippen LogP contribution in [0.5, 0.6) is 0 Å². The van der Waals surface area contributed by atoms with Crippen molar-refractivity contribution in [2.24, 2.45) is 0 Å². The Morgan fingerprint density at radius 1 is 1.44 bits per heavy atom. The van der Waals surface area contributed by atoms with Gasteiger partial charge >= 0.3 is 0 Å². The van der Waals surface area contributed by atoms with Gasteiger partial charge in [-0.15, -0.1) is 11.8 Å². The molecule has 98 valence electrons. The molecule has 3 nitrogen and oxygen atoms in total. The molecule has 0 unspecified atom stereocenters. The average molecular weight is 264 g/mol. The number of likely N-dealkylation sites (tertiary alicyclic amines) is 1. The minimum absolute atomic E-state index is 0.177. The van der Waals surface area contributed by atoms with E-state index in [1.54, 1.807) is 11.8 Å². The zero-order valence-electron chi connectivity index (χ0n) is 11.2. The molecule has 0 aromatic carbocycles. The van der Waals surface area contributed by atoms with E-state index >= 15 is 0 Å². The Balaban J connectivity index is 2.10. The second kappa shape index (κ2) is 5.31. The van der Waals surface area contributed by atoms with E-state index in [1.165, 1.54) is 0 Å². The third-order valence-corrected chi connectivity index (χ3v) is 4.05. The molecule has 0 spiro atoms. The molecule has 1 aliphatic heterocycles. The summed E-state index contributed by atoms with van der Waals surface area (Å²) in [6.07, 6.45) is 5.00. The summed E-state index contributed by atoms with van der Waals surface area (Å²) in [6.45, 7) is 7.40. The van der Waals surface area contributed by atoms with Gasteiger partial charge in [0.1, 0.15) is 0 Å². The first-order valence-corrected chi connectivity index (χ1v) is 7.17. The maximum atomic E-state index is 10.9. The first-order chi connectivity index (χ1) is 8.49.